The van der Waals surface area contributed by atoms with E-state index in [2.05, 4.69) is 0 Å². The maximum atomic E-state index is 14.4. The molecule has 0 spiro atoms. The van der Waals surface area contributed by atoms with E-state index in [-0.39, 0.29) is 35.9 Å². The Morgan fingerprint density at radius 3 is 2.55 bits per heavy atom. The minimum atomic E-state index is -4.05. The van der Waals surface area contributed by atoms with Crippen molar-refractivity contribution in [2.24, 2.45) is 5.92 Å². The van der Waals surface area contributed by atoms with E-state index in [0.717, 1.165) is 10.6 Å². The Bertz CT molecular complexity index is 1220. The van der Waals surface area contributed by atoms with Crippen molar-refractivity contribution in [1.82, 2.24) is 8.61 Å². The summed E-state index contributed by atoms with van der Waals surface area (Å²) in [7, 11) is -6.14. The van der Waals surface area contributed by atoms with Crippen LogP contribution in [0.15, 0.2) is 47.4 Å². The number of ether oxygens (including phenoxy) is 1. The number of halogens is 1. The highest BCUT2D eigenvalue weighted by atomic mass is 32.2. The number of benzene rings is 2. The first-order chi connectivity index (χ1) is 15.4. The zero-order valence-electron chi connectivity index (χ0n) is 19.0. The second-order valence-electron chi connectivity index (χ2n) is 8.42. The van der Waals surface area contributed by atoms with Crippen molar-refractivity contribution in [1.29, 1.82) is 0 Å². The average Bonchev–Trinajstić information content (AvgIpc) is 2.75. The van der Waals surface area contributed by atoms with Gasteiger partial charge in [0.2, 0.25) is 20.0 Å². The van der Waals surface area contributed by atoms with Gasteiger partial charge in [-0.3, -0.25) is 0 Å². The van der Waals surface area contributed by atoms with Gasteiger partial charge in [0.05, 0.1) is 19.4 Å². The summed E-state index contributed by atoms with van der Waals surface area (Å²) in [6.45, 7) is 2.99. The second-order valence-corrected chi connectivity index (χ2v) is 12.4. The van der Waals surface area contributed by atoms with E-state index in [1.54, 1.807) is 32.0 Å². The summed E-state index contributed by atoms with van der Waals surface area (Å²) in [5.74, 6) is -0.879. The molecule has 2 aromatic carbocycles. The Morgan fingerprint density at radius 2 is 1.94 bits per heavy atom. The fourth-order valence-corrected chi connectivity index (χ4v) is 5.94. The van der Waals surface area contributed by atoms with E-state index in [1.807, 2.05) is 0 Å². The number of aliphatic hydroxyl groups excluding tert-OH is 1. The highest BCUT2D eigenvalue weighted by Gasteiger charge is 2.38. The molecule has 1 heterocycles. The van der Waals surface area contributed by atoms with Crippen LogP contribution in [-0.4, -0.2) is 75.7 Å². The van der Waals surface area contributed by atoms with Crippen LogP contribution < -0.4 is 4.74 Å². The third-order valence-electron chi connectivity index (χ3n) is 5.86. The molecule has 11 heteroatoms. The minimum Gasteiger partial charge on any atom is -0.487 e. The molecular formula is C22H29FN2O6S2. The number of aliphatic hydroxyl groups is 1. The number of sulfonamides is 2. The maximum absolute atomic E-state index is 14.4. The lowest BCUT2D eigenvalue weighted by Crippen LogP contribution is -2.50. The summed E-state index contributed by atoms with van der Waals surface area (Å²) >= 11 is 0. The van der Waals surface area contributed by atoms with E-state index < -0.39 is 43.9 Å². The van der Waals surface area contributed by atoms with Crippen LogP contribution >= 0.6 is 0 Å². The quantitative estimate of drug-likeness (QED) is 0.652. The number of fused-ring (bicyclic) bond motifs is 1. The molecule has 3 rings (SSSR count). The van der Waals surface area contributed by atoms with Crippen LogP contribution in [0.25, 0.3) is 11.1 Å². The summed E-state index contributed by atoms with van der Waals surface area (Å²) in [6, 6.07) is 9.72. The lowest BCUT2D eigenvalue weighted by atomic mass is 10.0. The van der Waals surface area contributed by atoms with Crippen molar-refractivity contribution >= 4 is 20.0 Å². The van der Waals surface area contributed by atoms with Crippen LogP contribution in [0.1, 0.15) is 13.8 Å². The largest absolute Gasteiger partial charge is 0.487 e. The SMILES string of the molecule is C[C@H]1CN([C@@H](C)CO)S(=O)(=O)c2ccc(-c3ccccc3F)cc2O[C@H]1CN(C)S(C)(=O)=O. The Hall–Kier alpha value is -2.05. The standard InChI is InChI=1S/C22H29FN2O6S2/c1-15-12-25(16(2)14-26)33(29,30)22-10-9-17(18-7-5-6-8-19(18)23)11-20(22)31-21(15)13-24(3)32(4,27)28/h5-11,15-16,21,26H,12-14H2,1-4H3/t15-,16-,21-/m0/s1. The van der Waals surface area contributed by atoms with Gasteiger partial charge in [0, 0.05) is 31.1 Å². The van der Waals surface area contributed by atoms with E-state index in [1.165, 1.54) is 35.6 Å². The van der Waals surface area contributed by atoms with Crippen LogP contribution in [0.2, 0.25) is 0 Å². The number of nitrogens with zero attached hydrogens (tertiary/aromatic N) is 2. The van der Waals surface area contributed by atoms with Crippen LogP contribution in [0.5, 0.6) is 5.75 Å². The first-order valence-corrected chi connectivity index (χ1v) is 13.7. The number of likely N-dealkylation sites (N-methyl/N-ethyl adjacent to an activating group) is 1. The normalized spacial score (nSPS) is 22.2. The van der Waals surface area contributed by atoms with Gasteiger partial charge in [-0.1, -0.05) is 31.2 Å². The molecule has 0 aromatic heterocycles. The van der Waals surface area contributed by atoms with E-state index in [9.17, 15) is 26.3 Å². The molecule has 8 nitrogen and oxygen atoms in total. The molecule has 0 amide bonds. The minimum absolute atomic E-state index is 0.00402. The molecule has 1 N–H and O–H groups in total. The molecular weight excluding hydrogens is 471 g/mol. The van der Waals surface area contributed by atoms with Gasteiger partial charge in [-0.25, -0.2) is 25.5 Å². The van der Waals surface area contributed by atoms with Crippen molar-refractivity contribution in [3.8, 4) is 16.9 Å². The van der Waals surface area contributed by atoms with E-state index in [0.29, 0.717) is 5.56 Å². The first kappa shape index (κ1) is 25.6. The highest BCUT2D eigenvalue weighted by Crippen LogP contribution is 2.37. The van der Waals surface area contributed by atoms with Gasteiger partial charge in [-0.05, 0) is 30.7 Å². The Morgan fingerprint density at radius 1 is 1.27 bits per heavy atom. The van der Waals surface area contributed by atoms with Crippen molar-refractivity contribution < 1.29 is 31.1 Å². The summed E-state index contributed by atoms with van der Waals surface area (Å²) in [5.41, 5.74) is 0.703. The van der Waals surface area contributed by atoms with Gasteiger partial charge in [0.25, 0.3) is 0 Å². The summed E-state index contributed by atoms with van der Waals surface area (Å²) in [4.78, 5) is -0.123. The number of rotatable bonds is 6. The van der Waals surface area contributed by atoms with Crippen molar-refractivity contribution in [3.05, 3.63) is 48.3 Å². The molecule has 0 radical (unpaired) electrons. The summed E-state index contributed by atoms with van der Waals surface area (Å²) in [6.07, 6.45) is 0.387. The van der Waals surface area contributed by atoms with Crippen molar-refractivity contribution in [2.45, 2.75) is 30.9 Å². The zero-order chi connectivity index (χ0) is 24.6. The van der Waals surface area contributed by atoms with Gasteiger partial charge in [-0.15, -0.1) is 0 Å². The van der Waals surface area contributed by atoms with Crippen LogP contribution in [0.3, 0.4) is 0 Å². The molecule has 0 fully saturated rings. The average molecular weight is 501 g/mol. The summed E-state index contributed by atoms with van der Waals surface area (Å²) < 4.78 is 73.8. The fraction of sp³-hybridized carbons (Fsp3) is 0.455. The molecule has 0 bridgehead atoms. The van der Waals surface area contributed by atoms with Gasteiger partial charge in [0.1, 0.15) is 22.6 Å². The van der Waals surface area contributed by atoms with Crippen LogP contribution in [-0.2, 0) is 20.0 Å². The monoisotopic (exact) mass is 500 g/mol. The smallest absolute Gasteiger partial charge is 0.247 e. The lowest BCUT2D eigenvalue weighted by Gasteiger charge is -2.37. The predicted octanol–water partition coefficient (Wildman–Crippen LogP) is 2.15. The topological polar surface area (TPSA) is 104 Å². The molecule has 3 atom stereocenters. The molecule has 1 aliphatic heterocycles. The second kappa shape index (κ2) is 9.67. The molecule has 0 saturated heterocycles. The van der Waals surface area contributed by atoms with Crippen molar-refractivity contribution in [3.63, 3.8) is 0 Å². The number of hydrogen-bond donors (Lipinski definition) is 1. The lowest BCUT2D eigenvalue weighted by molar-refractivity contribution is 0.0906. The van der Waals surface area contributed by atoms with Gasteiger partial charge in [0.15, 0.2) is 0 Å². The molecule has 2 aromatic rings. The molecule has 1 aliphatic rings. The van der Waals surface area contributed by atoms with Crippen molar-refractivity contribution in [2.75, 3.05) is 33.0 Å². The van der Waals surface area contributed by atoms with Gasteiger partial charge in [-0.2, -0.15) is 4.31 Å². The van der Waals surface area contributed by atoms with E-state index >= 15 is 0 Å². The molecule has 0 unspecified atom stereocenters. The van der Waals surface area contributed by atoms with Gasteiger partial charge >= 0.3 is 0 Å². The van der Waals surface area contributed by atoms with Crippen LogP contribution in [0.4, 0.5) is 4.39 Å². The molecule has 0 aliphatic carbocycles. The predicted molar refractivity (Wildman–Crippen MR) is 123 cm³/mol. The maximum Gasteiger partial charge on any atom is 0.247 e. The first-order valence-electron chi connectivity index (χ1n) is 10.5. The third kappa shape index (κ3) is 5.38. The molecule has 182 valence electrons. The zero-order valence-corrected chi connectivity index (χ0v) is 20.6. The number of hydrogen-bond acceptors (Lipinski definition) is 6. The Labute approximate surface area is 194 Å². The third-order valence-corrected chi connectivity index (χ3v) is 9.16. The van der Waals surface area contributed by atoms with Gasteiger partial charge < -0.3 is 9.84 Å². The summed E-state index contributed by atoms with van der Waals surface area (Å²) in [5, 5.41) is 9.69. The fourth-order valence-electron chi connectivity index (χ4n) is 3.70. The molecule has 33 heavy (non-hydrogen) atoms. The Balaban J connectivity index is 2.17. The Kier molecular flexibility index (Phi) is 7.49. The van der Waals surface area contributed by atoms with Crippen LogP contribution in [0, 0.1) is 11.7 Å². The molecule has 0 saturated carbocycles. The highest BCUT2D eigenvalue weighted by molar-refractivity contribution is 7.89. The van der Waals surface area contributed by atoms with E-state index in [4.69, 9.17) is 4.74 Å².